The Labute approximate surface area is 89.4 Å². The Morgan fingerprint density at radius 3 is 2.43 bits per heavy atom. The van der Waals surface area contributed by atoms with Gasteiger partial charge in [-0.3, -0.25) is 0 Å². The molecule has 0 saturated heterocycles. The summed E-state index contributed by atoms with van der Waals surface area (Å²) in [6, 6.07) is 0. The van der Waals surface area contributed by atoms with Crippen molar-refractivity contribution in [3.63, 3.8) is 0 Å². The Morgan fingerprint density at radius 1 is 1.43 bits per heavy atom. The van der Waals surface area contributed by atoms with E-state index in [1.165, 1.54) is 5.57 Å². The summed E-state index contributed by atoms with van der Waals surface area (Å²) < 4.78 is 0. The zero-order chi connectivity index (χ0) is 11.2. The highest BCUT2D eigenvalue weighted by Crippen LogP contribution is 2.30. The summed E-state index contributed by atoms with van der Waals surface area (Å²) in [5, 5.41) is 0. The summed E-state index contributed by atoms with van der Waals surface area (Å²) in [7, 11) is 0. The number of allylic oxidation sites excluding steroid dienone is 5. The molecule has 0 spiro atoms. The molecule has 0 radical (unpaired) electrons. The molecule has 0 nitrogen and oxygen atoms in total. The van der Waals surface area contributed by atoms with Crippen LogP contribution in [0.2, 0.25) is 0 Å². The van der Waals surface area contributed by atoms with Crippen LogP contribution in [0.15, 0.2) is 36.5 Å². The molecule has 0 aromatic rings. The molecule has 0 bridgehead atoms. The standard InChI is InChI=1S/C14H24/c1-7-9-12(3)11-13(4)14(5,6)10-8-2/h7-8,10-11,13H,1,9H2,2-6H3. The Balaban J connectivity index is 4.53. The first-order chi connectivity index (χ1) is 6.44. The van der Waals surface area contributed by atoms with Crippen molar-refractivity contribution in [2.45, 2.75) is 41.0 Å². The molecule has 0 amide bonds. The van der Waals surface area contributed by atoms with Crippen molar-refractivity contribution in [3.8, 4) is 0 Å². The van der Waals surface area contributed by atoms with Gasteiger partial charge >= 0.3 is 0 Å². The van der Waals surface area contributed by atoms with E-state index in [1.807, 2.05) is 6.08 Å². The van der Waals surface area contributed by atoms with Crippen molar-refractivity contribution in [1.29, 1.82) is 0 Å². The molecule has 0 aliphatic carbocycles. The van der Waals surface area contributed by atoms with Gasteiger partial charge in [-0.05, 0) is 31.6 Å². The van der Waals surface area contributed by atoms with Gasteiger partial charge in [0.2, 0.25) is 0 Å². The Morgan fingerprint density at radius 2 is 2.00 bits per heavy atom. The summed E-state index contributed by atoms with van der Waals surface area (Å²) in [4.78, 5) is 0. The molecule has 14 heavy (non-hydrogen) atoms. The van der Waals surface area contributed by atoms with Crippen LogP contribution in [0.5, 0.6) is 0 Å². The fourth-order valence-corrected chi connectivity index (χ4v) is 1.52. The Bertz CT molecular complexity index is 228. The number of hydrogen-bond donors (Lipinski definition) is 0. The third-order valence-electron chi connectivity index (χ3n) is 2.77. The monoisotopic (exact) mass is 192 g/mol. The van der Waals surface area contributed by atoms with Crippen LogP contribution in [-0.4, -0.2) is 0 Å². The summed E-state index contributed by atoms with van der Waals surface area (Å²) in [6.07, 6.45) is 9.71. The molecule has 0 aromatic carbocycles. The van der Waals surface area contributed by atoms with Crippen LogP contribution in [0.3, 0.4) is 0 Å². The van der Waals surface area contributed by atoms with E-state index in [9.17, 15) is 0 Å². The van der Waals surface area contributed by atoms with Crippen LogP contribution in [0, 0.1) is 11.3 Å². The second-order valence-corrected chi connectivity index (χ2v) is 4.62. The number of rotatable bonds is 5. The maximum absolute atomic E-state index is 3.75. The third kappa shape index (κ3) is 4.45. The largest absolute Gasteiger partial charge is 0.103 e. The van der Waals surface area contributed by atoms with Gasteiger partial charge in [0.1, 0.15) is 0 Å². The average molecular weight is 192 g/mol. The lowest BCUT2D eigenvalue weighted by Crippen LogP contribution is -2.17. The van der Waals surface area contributed by atoms with Crippen LogP contribution in [0.1, 0.15) is 41.0 Å². The Kier molecular flexibility index (Phi) is 5.52. The maximum atomic E-state index is 3.75. The van der Waals surface area contributed by atoms with E-state index in [4.69, 9.17) is 0 Å². The predicted octanol–water partition coefficient (Wildman–Crippen LogP) is 4.75. The van der Waals surface area contributed by atoms with E-state index < -0.39 is 0 Å². The minimum Gasteiger partial charge on any atom is -0.103 e. The summed E-state index contributed by atoms with van der Waals surface area (Å²) in [5.74, 6) is 0.568. The fourth-order valence-electron chi connectivity index (χ4n) is 1.52. The van der Waals surface area contributed by atoms with Crippen LogP contribution >= 0.6 is 0 Å². The van der Waals surface area contributed by atoms with Gasteiger partial charge in [0, 0.05) is 0 Å². The second-order valence-electron chi connectivity index (χ2n) is 4.62. The normalized spacial score (nSPS) is 15.9. The van der Waals surface area contributed by atoms with Gasteiger partial charge in [-0.25, -0.2) is 0 Å². The molecule has 0 fully saturated rings. The van der Waals surface area contributed by atoms with E-state index >= 15 is 0 Å². The quantitative estimate of drug-likeness (QED) is 0.551. The molecule has 0 heterocycles. The van der Waals surface area contributed by atoms with Crippen molar-refractivity contribution in [2.75, 3.05) is 0 Å². The first-order valence-electron chi connectivity index (χ1n) is 5.36. The molecule has 0 rings (SSSR count). The van der Waals surface area contributed by atoms with E-state index in [1.54, 1.807) is 0 Å². The molecule has 0 saturated carbocycles. The first kappa shape index (κ1) is 13.2. The minimum absolute atomic E-state index is 0.247. The zero-order valence-electron chi connectivity index (χ0n) is 10.3. The van der Waals surface area contributed by atoms with E-state index in [2.05, 4.69) is 59.4 Å². The first-order valence-corrected chi connectivity index (χ1v) is 5.36. The van der Waals surface area contributed by atoms with Gasteiger partial charge < -0.3 is 0 Å². The molecule has 1 atom stereocenters. The highest BCUT2D eigenvalue weighted by molar-refractivity contribution is 5.10. The van der Waals surface area contributed by atoms with Gasteiger partial charge in [0.25, 0.3) is 0 Å². The SMILES string of the molecule is C=CCC(C)=CC(C)C(C)(C)C=CC. The molecule has 0 aromatic heterocycles. The topological polar surface area (TPSA) is 0 Å². The second kappa shape index (κ2) is 5.85. The van der Waals surface area contributed by atoms with Gasteiger partial charge in [0.05, 0.1) is 0 Å². The average Bonchev–Trinajstić information content (AvgIpc) is 2.04. The molecule has 0 N–H and O–H groups in total. The van der Waals surface area contributed by atoms with Crippen LogP contribution in [0.25, 0.3) is 0 Å². The molecule has 1 unspecified atom stereocenters. The van der Waals surface area contributed by atoms with Gasteiger partial charge in [-0.15, -0.1) is 6.58 Å². The zero-order valence-corrected chi connectivity index (χ0v) is 10.3. The molecular formula is C14H24. The van der Waals surface area contributed by atoms with Crippen LogP contribution in [-0.2, 0) is 0 Å². The fraction of sp³-hybridized carbons (Fsp3) is 0.571. The van der Waals surface area contributed by atoms with Gasteiger partial charge in [-0.2, -0.15) is 0 Å². The third-order valence-corrected chi connectivity index (χ3v) is 2.77. The van der Waals surface area contributed by atoms with Gasteiger partial charge in [-0.1, -0.05) is 50.6 Å². The van der Waals surface area contributed by atoms with E-state index in [0.717, 1.165) is 6.42 Å². The molecule has 0 aliphatic rings. The molecular weight excluding hydrogens is 168 g/mol. The van der Waals surface area contributed by atoms with Crippen molar-refractivity contribution in [3.05, 3.63) is 36.5 Å². The molecule has 0 heteroatoms. The molecule has 0 aliphatic heterocycles. The smallest absolute Gasteiger partial charge is 0.0115 e. The number of hydrogen-bond acceptors (Lipinski definition) is 0. The van der Waals surface area contributed by atoms with Crippen LogP contribution < -0.4 is 0 Å². The Hall–Kier alpha value is -0.780. The highest BCUT2D eigenvalue weighted by atomic mass is 14.2. The molecule has 80 valence electrons. The van der Waals surface area contributed by atoms with Gasteiger partial charge in [0.15, 0.2) is 0 Å². The summed E-state index contributed by atoms with van der Waals surface area (Å²) in [6.45, 7) is 14.8. The summed E-state index contributed by atoms with van der Waals surface area (Å²) in [5.41, 5.74) is 1.65. The lowest BCUT2D eigenvalue weighted by molar-refractivity contribution is 0.366. The maximum Gasteiger partial charge on any atom is -0.0115 e. The van der Waals surface area contributed by atoms with Crippen molar-refractivity contribution < 1.29 is 0 Å². The van der Waals surface area contributed by atoms with Crippen LogP contribution in [0.4, 0.5) is 0 Å². The minimum atomic E-state index is 0.247. The van der Waals surface area contributed by atoms with Crippen molar-refractivity contribution in [1.82, 2.24) is 0 Å². The van der Waals surface area contributed by atoms with Crippen molar-refractivity contribution >= 4 is 0 Å². The predicted molar refractivity (Wildman–Crippen MR) is 66.3 cm³/mol. The highest BCUT2D eigenvalue weighted by Gasteiger charge is 2.20. The lowest BCUT2D eigenvalue weighted by Gasteiger charge is -2.26. The lowest BCUT2D eigenvalue weighted by atomic mass is 9.78. The van der Waals surface area contributed by atoms with E-state index in [0.29, 0.717) is 5.92 Å². The van der Waals surface area contributed by atoms with E-state index in [-0.39, 0.29) is 5.41 Å². The van der Waals surface area contributed by atoms with Crippen molar-refractivity contribution in [2.24, 2.45) is 11.3 Å². The summed E-state index contributed by atoms with van der Waals surface area (Å²) >= 11 is 0.